The highest BCUT2D eigenvalue weighted by Crippen LogP contribution is 2.29. The average Bonchev–Trinajstić information content (AvgIpc) is 3.33. The molecule has 150 valence electrons. The Bertz CT molecular complexity index is 1110. The van der Waals surface area contributed by atoms with Crippen molar-refractivity contribution in [1.29, 1.82) is 0 Å². The van der Waals surface area contributed by atoms with Crippen LogP contribution in [0.5, 0.6) is 0 Å². The lowest BCUT2D eigenvalue weighted by atomic mass is 10.1. The topological polar surface area (TPSA) is 65.1 Å². The van der Waals surface area contributed by atoms with E-state index in [1.54, 1.807) is 6.07 Å². The fraction of sp³-hybridized carbons (Fsp3) is 0.409. The summed E-state index contributed by atoms with van der Waals surface area (Å²) in [5.41, 5.74) is 4.47. The molecule has 5 rings (SSSR count). The number of aromatic amines is 1. The molecule has 29 heavy (non-hydrogen) atoms. The van der Waals surface area contributed by atoms with Crippen LogP contribution in [0.3, 0.4) is 0 Å². The van der Waals surface area contributed by atoms with Crippen LogP contribution in [-0.4, -0.2) is 57.3 Å². The SMILES string of the molecule is Cc1c(C(=O)N2CCC(c3ncc4c(n3)CCN(C)C4)C2)[nH]c2ccc(F)cc12. The van der Waals surface area contributed by atoms with Crippen molar-refractivity contribution in [2.75, 3.05) is 26.7 Å². The fourth-order valence-electron chi connectivity index (χ4n) is 4.50. The molecule has 1 aromatic carbocycles. The number of benzene rings is 1. The lowest BCUT2D eigenvalue weighted by Crippen LogP contribution is -2.30. The molecular weight excluding hydrogens is 369 g/mol. The van der Waals surface area contributed by atoms with Crippen LogP contribution in [0.25, 0.3) is 10.9 Å². The maximum atomic E-state index is 13.6. The molecule has 2 aliphatic rings. The minimum absolute atomic E-state index is 0.0406. The standard InChI is InChI=1S/C22H24FN5O/c1-13-17-9-16(23)3-4-19(17)25-20(13)22(29)28-8-5-14(12-28)21-24-10-15-11-27(2)7-6-18(15)26-21/h3-4,9-10,14,25H,5-8,11-12H2,1-2H3. The molecule has 3 aromatic rings. The molecule has 1 N–H and O–H groups in total. The van der Waals surface area contributed by atoms with E-state index in [2.05, 4.69) is 21.9 Å². The lowest BCUT2D eigenvalue weighted by molar-refractivity contribution is 0.0785. The first-order valence-electron chi connectivity index (χ1n) is 10.1. The van der Waals surface area contributed by atoms with E-state index in [-0.39, 0.29) is 17.6 Å². The monoisotopic (exact) mass is 393 g/mol. The molecule has 1 atom stereocenters. The normalized spacial score (nSPS) is 19.7. The summed E-state index contributed by atoms with van der Waals surface area (Å²) in [5, 5.41) is 0.757. The van der Waals surface area contributed by atoms with Crippen LogP contribution in [0.4, 0.5) is 4.39 Å². The van der Waals surface area contributed by atoms with Crippen molar-refractivity contribution >= 4 is 16.8 Å². The zero-order valence-electron chi connectivity index (χ0n) is 16.7. The Morgan fingerprint density at radius 3 is 3.03 bits per heavy atom. The molecule has 0 spiro atoms. The van der Waals surface area contributed by atoms with Crippen LogP contribution in [0.1, 0.15) is 45.5 Å². The molecule has 0 radical (unpaired) electrons. The number of likely N-dealkylation sites (tertiary alicyclic amines) is 1. The van der Waals surface area contributed by atoms with Gasteiger partial charge < -0.3 is 14.8 Å². The third kappa shape index (κ3) is 3.19. The van der Waals surface area contributed by atoms with E-state index >= 15 is 0 Å². The summed E-state index contributed by atoms with van der Waals surface area (Å²) < 4.78 is 13.6. The van der Waals surface area contributed by atoms with E-state index < -0.39 is 0 Å². The number of hydrogen-bond acceptors (Lipinski definition) is 4. The van der Waals surface area contributed by atoms with Gasteiger partial charge >= 0.3 is 0 Å². The number of likely N-dealkylation sites (N-methyl/N-ethyl adjacent to an activating group) is 1. The van der Waals surface area contributed by atoms with Gasteiger partial charge in [-0.1, -0.05) is 0 Å². The highest BCUT2D eigenvalue weighted by molar-refractivity contribution is 6.01. The van der Waals surface area contributed by atoms with Gasteiger partial charge in [0.15, 0.2) is 0 Å². The number of aromatic nitrogens is 3. The van der Waals surface area contributed by atoms with E-state index in [4.69, 9.17) is 4.98 Å². The van der Waals surface area contributed by atoms with E-state index in [0.29, 0.717) is 18.8 Å². The minimum Gasteiger partial charge on any atom is -0.350 e. The van der Waals surface area contributed by atoms with Gasteiger partial charge in [-0.3, -0.25) is 4.79 Å². The number of H-pyrrole nitrogens is 1. The van der Waals surface area contributed by atoms with E-state index in [1.165, 1.54) is 17.7 Å². The molecule has 0 aliphatic carbocycles. The van der Waals surface area contributed by atoms with E-state index in [0.717, 1.165) is 53.9 Å². The van der Waals surface area contributed by atoms with E-state index in [1.807, 2.05) is 18.0 Å². The Balaban J connectivity index is 1.36. The number of carbonyl (C=O) groups excluding carboxylic acids is 1. The van der Waals surface area contributed by atoms with Crippen molar-refractivity contribution in [1.82, 2.24) is 24.8 Å². The predicted molar refractivity (Wildman–Crippen MR) is 108 cm³/mol. The molecule has 6 nitrogen and oxygen atoms in total. The number of nitrogens with zero attached hydrogens (tertiary/aromatic N) is 4. The molecular formula is C22H24FN5O. The Kier molecular flexibility index (Phi) is 4.35. The Labute approximate surface area is 168 Å². The molecule has 2 aliphatic heterocycles. The molecule has 0 bridgehead atoms. The lowest BCUT2D eigenvalue weighted by Gasteiger charge is -2.24. The molecule has 1 unspecified atom stereocenters. The number of amides is 1. The third-order valence-electron chi connectivity index (χ3n) is 6.22. The van der Waals surface area contributed by atoms with Gasteiger partial charge in [0.2, 0.25) is 0 Å². The van der Waals surface area contributed by atoms with Gasteiger partial charge in [0.1, 0.15) is 17.3 Å². The second kappa shape index (κ2) is 6.91. The van der Waals surface area contributed by atoms with Gasteiger partial charge in [0.05, 0.1) is 0 Å². The van der Waals surface area contributed by atoms with Crippen LogP contribution in [0.2, 0.25) is 0 Å². The van der Waals surface area contributed by atoms with Crippen molar-refractivity contribution in [3.63, 3.8) is 0 Å². The number of carbonyl (C=O) groups is 1. The van der Waals surface area contributed by atoms with Crippen molar-refractivity contribution in [2.45, 2.75) is 32.2 Å². The molecule has 7 heteroatoms. The summed E-state index contributed by atoms with van der Waals surface area (Å²) >= 11 is 0. The van der Waals surface area contributed by atoms with Crippen molar-refractivity contribution in [3.8, 4) is 0 Å². The number of fused-ring (bicyclic) bond motifs is 2. The average molecular weight is 393 g/mol. The number of halogens is 1. The summed E-state index contributed by atoms with van der Waals surface area (Å²) in [5.74, 6) is 0.668. The highest BCUT2D eigenvalue weighted by Gasteiger charge is 2.32. The Morgan fingerprint density at radius 1 is 1.31 bits per heavy atom. The van der Waals surface area contributed by atoms with Crippen molar-refractivity contribution in [2.24, 2.45) is 0 Å². The second-order valence-corrected chi connectivity index (χ2v) is 8.24. The van der Waals surface area contributed by atoms with Crippen LogP contribution in [-0.2, 0) is 13.0 Å². The predicted octanol–water partition coefficient (Wildman–Crippen LogP) is 3.02. The highest BCUT2D eigenvalue weighted by atomic mass is 19.1. The number of hydrogen-bond donors (Lipinski definition) is 1. The van der Waals surface area contributed by atoms with Crippen molar-refractivity contribution in [3.05, 3.63) is 58.6 Å². The first kappa shape index (κ1) is 18.2. The van der Waals surface area contributed by atoms with Crippen molar-refractivity contribution < 1.29 is 9.18 Å². The van der Waals surface area contributed by atoms with Gasteiger partial charge in [-0.2, -0.15) is 0 Å². The first-order chi connectivity index (χ1) is 14.0. The van der Waals surface area contributed by atoms with E-state index in [9.17, 15) is 9.18 Å². The smallest absolute Gasteiger partial charge is 0.270 e. The van der Waals surface area contributed by atoms with Crippen LogP contribution in [0, 0.1) is 12.7 Å². The zero-order valence-corrected chi connectivity index (χ0v) is 16.7. The maximum absolute atomic E-state index is 13.6. The molecule has 4 heterocycles. The third-order valence-corrected chi connectivity index (χ3v) is 6.22. The summed E-state index contributed by atoms with van der Waals surface area (Å²) in [4.78, 5) is 29.9. The Hall–Kier alpha value is -2.80. The van der Waals surface area contributed by atoms with Gasteiger partial charge in [0, 0.05) is 66.9 Å². The molecule has 1 saturated heterocycles. The molecule has 0 saturated carbocycles. The Morgan fingerprint density at radius 2 is 2.17 bits per heavy atom. The largest absolute Gasteiger partial charge is 0.350 e. The molecule has 1 fully saturated rings. The fourth-order valence-corrected chi connectivity index (χ4v) is 4.50. The van der Waals surface area contributed by atoms with Gasteiger partial charge in [-0.05, 0) is 44.2 Å². The number of nitrogens with one attached hydrogen (secondary N) is 1. The van der Waals surface area contributed by atoms with Crippen LogP contribution in [0.15, 0.2) is 24.4 Å². The first-order valence-corrected chi connectivity index (χ1v) is 10.1. The summed E-state index contributed by atoms with van der Waals surface area (Å²) in [6.45, 7) is 5.06. The number of rotatable bonds is 2. The van der Waals surface area contributed by atoms with Crippen LogP contribution < -0.4 is 0 Å². The van der Waals surface area contributed by atoms with Gasteiger partial charge in [0.25, 0.3) is 5.91 Å². The minimum atomic E-state index is -0.296. The zero-order chi connectivity index (χ0) is 20.1. The van der Waals surface area contributed by atoms with Gasteiger partial charge in [-0.25, -0.2) is 14.4 Å². The maximum Gasteiger partial charge on any atom is 0.270 e. The molecule has 2 aromatic heterocycles. The quantitative estimate of drug-likeness (QED) is 0.727. The summed E-state index contributed by atoms with van der Waals surface area (Å²) in [7, 11) is 2.11. The van der Waals surface area contributed by atoms with Gasteiger partial charge in [-0.15, -0.1) is 0 Å². The summed E-state index contributed by atoms with van der Waals surface area (Å²) in [6, 6.07) is 4.56. The molecule has 1 amide bonds. The second-order valence-electron chi connectivity index (χ2n) is 8.24. The van der Waals surface area contributed by atoms with Crippen LogP contribution >= 0.6 is 0 Å². The summed E-state index contributed by atoms with van der Waals surface area (Å²) in [6.07, 6.45) is 3.76. The number of aryl methyl sites for hydroxylation is 1.